The molecule has 1 aromatic carbocycles. The fourth-order valence-electron chi connectivity index (χ4n) is 7.40. The van der Waals surface area contributed by atoms with Crippen molar-refractivity contribution in [2.75, 3.05) is 38.2 Å². The van der Waals surface area contributed by atoms with Gasteiger partial charge in [-0.25, -0.2) is 14.6 Å². The predicted molar refractivity (Wildman–Crippen MR) is 188 cm³/mol. The second-order valence-corrected chi connectivity index (χ2v) is 14.1. The average Bonchev–Trinajstić information content (AvgIpc) is 3.81. The number of nitrogens with one attached hydrogen (secondary N) is 1. The van der Waals surface area contributed by atoms with Crippen LogP contribution >= 0.6 is 0 Å². The van der Waals surface area contributed by atoms with Gasteiger partial charge < -0.3 is 24.3 Å². The van der Waals surface area contributed by atoms with Gasteiger partial charge in [-0.05, 0) is 93.3 Å². The minimum atomic E-state index is -0.269. The van der Waals surface area contributed by atoms with Crippen molar-refractivity contribution < 1.29 is 18.9 Å². The molecule has 3 aromatic heterocycles. The first kappa shape index (κ1) is 34.8. The first-order valence-corrected chi connectivity index (χ1v) is 18.1. The first-order chi connectivity index (χ1) is 24.9. The highest BCUT2D eigenvalue weighted by molar-refractivity contribution is 5.67. The molecule has 51 heavy (non-hydrogen) atoms. The van der Waals surface area contributed by atoms with Gasteiger partial charge in [0.05, 0.1) is 43.2 Å². The molecule has 3 fully saturated rings. The zero-order valence-electron chi connectivity index (χ0n) is 29.6. The van der Waals surface area contributed by atoms with Crippen LogP contribution in [0.3, 0.4) is 0 Å². The van der Waals surface area contributed by atoms with Gasteiger partial charge in [-0.15, -0.1) is 10.2 Å². The number of nitrogens with zero attached hydrogens (tertiary/aromatic N) is 10. The number of aromatic nitrogens is 8. The topological polar surface area (TPSA) is 163 Å². The van der Waals surface area contributed by atoms with Gasteiger partial charge in [0, 0.05) is 50.3 Å². The van der Waals surface area contributed by atoms with Crippen molar-refractivity contribution in [3.05, 3.63) is 48.7 Å². The van der Waals surface area contributed by atoms with E-state index in [1.807, 2.05) is 25.3 Å². The Hall–Kier alpha value is -4.65. The van der Waals surface area contributed by atoms with E-state index in [4.69, 9.17) is 24.0 Å². The van der Waals surface area contributed by atoms with Crippen LogP contribution in [-0.2, 0) is 16.0 Å². The van der Waals surface area contributed by atoms with Crippen LogP contribution in [0.4, 0.5) is 11.6 Å². The number of anilines is 2. The van der Waals surface area contributed by atoms with Crippen molar-refractivity contribution in [2.24, 2.45) is 5.92 Å². The normalized spacial score (nSPS) is 23.7. The lowest BCUT2D eigenvalue weighted by Gasteiger charge is -2.42. The lowest BCUT2D eigenvalue weighted by molar-refractivity contribution is -0.0852. The summed E-state index contributed by atoms with van der Waals surface area (Å²) in [6, 6.07) is 8.53. The molecule has 7 rings (SSSR count). The summed E-state index contributed by atoms with van der Waals surface area (Å²) in [7, 11) is 0. The molecule has 0 spiro atoms. The van der Waals surface area contributed by atoms with E-state index in [0.29, 0.717) is 54.3 Å². The van der Waals surface area contributed by atoms with Crippen molar-refractivity contribution in [2.45, 2.75) is 96.2 Å². The molecule has 0 unspecified atom stereocenters. The summed E-state index contributed by atoms with van der Waals surface area (Å²) in [4.78, 5) is 11.9. The van der Waals surface area contributed by atoms with E-state index >= 15 is 0 Å². The molecule has 0 bridgehead atoms. The zero-order chi connectivity index (χ0) is 35.2. The molecule has 270 valence electrons. The summed E-state index contributed by atoms with van der Waals surface area (Å²) < 4.78 is 27.7. The van der Waals surface area contributed by atoms with E-state index in [-0.39, 0.29) is 18.3 Å². The molecule has 2 saturated heterocycles. The fourth-order valence-corrected chi connectivity index (χ4v) is 7.40. The minimum absolute atomic E-state index is 0.269. The van der Waals surface area contributed by atoms with Gasteiger partial charge in [0.2, 0.25) is 5.95 Å². The highest BCUT2D eigenvalue weighted by Gasteiger charge is 2.32. The molecule has 1 saturated carbocycles. The largest absolute Gasteiger partial charge is 0.487 e. The number of rotatable bonds is 12. The second-order valence-electron chi connectivity index (χ2n) is 14.1. The molecule has 0 amide bonds. The summed E-state index contributed by atoms with van der Waals surface area (Å²) >= 11 is 0. The summed E-state index contributed by atoms with van der Waals surface area (Å²) in [5.74, 6) is 1.91. The van der Waals surface area contributed by atoms with E-state index in [9.17, 15) is 5.26 Å². The molecular weight excluding hydrogens is 650 g/mol. The highest BCUT2D eigenvalue weighted by Crippen LogP contribution is 2.36. The van der Waals surface area contributed by atoms with Crippen molar-refractivity contribution in [3.8, 4) is 28.8 Å². The maximum atomic E-state index is 9.70. The van der Waals surface area contributed by atoms with Crippen LogP contribution in [0, 0.1) is 17.2 Å². The number of tetrazole rings is 1. The Kier molecular flexibility index (Phi) is 11.0. The fraction of sp³-hybridized carbons (Fsp3) is 0.583. The summed E-state index contributed by atoms with van der Waals surface area (Å²) in [5, 5.41) is 29.3. The third-order valence-electron chi connectivity index (χ3n) is 10.00. The van der Waals surface area contributed by atoms with Crippen LogP contribution in [-0.4, -0.2) is 102 Å². The van der Waals surface area contributed by atoms with Gasteiger partial charge in [0.1, 0.15) is 29.9 Å². The number of morpholine rings is 1. The number of ether oxygens (including phenoxy) is 4. The lowest BCUT2D eigenvalue weighted by atomic mass is 9.89. The van der Waals surface area contributed by atoms with E-state index in [1.165, 1.54) is 6.33 Å². The Balaban J connectivity index is 1.04. The van der Waals surface area contributed by atoms with Gasteiger partial charge in [0.25, 0.3) is 5.88 Å². The first-order valence-electron chi connectivity index (χ1n) is 18.1. The third-order valence-corrected chi connectivity index (χ3v) is 10.00. The Morgan fingerprint density at radius 2 is 1.75 bits per heavy atom. The van der Waals surface area contributed by atoms with Crippen molar-refractivity contribution in [3.63, 3.8) is 0 Å². The number of hydrogen-bond acceptors (Lipinski definition) is 13. The molecule has 2 aliphatic heterocycles. The third kappa shape index (κ3) is 8.81. The van der Waals surface area contributed by atoms with E-state index in [2.05, 4.69) is 60.3 Å². The van der Waals surface area contributed by atoms with Crippen molar-refractivity contribution in [1.29, 1.82) is 5.26 Å². The van der Waals surface area contributed by atoms with Crippen molar-refractivity contribution >= 4 is 11.6 Å². The minimum Gasteiger partial charge on any atom is -0.487 e. The van der Waals surface area contributed by atoms with Gasteiger partial charge in [-0.3, -0.25) is 9.58 Å². The van der Waals surface area contributed by atoms with E-state index in [0.717, 1.165) is 81.6 Å². The monoisotopic (exact) mass is 697 g/mol. The Morgan fingerprint density at radius 1 is 1.00 bits per heavy atom. The summed E-state index contributed by atoms with van der Waals surface area (Å²) in [5.41, 5.74) is 2.80. The average molecular weight is 698 g/mol. The molecule has 15 heteroatoms. The zero-order valence-corrected chi connectivity index (χ0v) is 29.6. The van der Waals surface area contributed by atoms with Crippen LogP contribution < -0.4 is 14.8 Å². The Morgan fingerprint density at radius 3 is 2.45 bits per heavy atom. The maximum absolute atomic E-state index is 9.70. The van der Waals surface area contributed by atoms with Crippen molar-refractivity contribution in [1.82, 2.24) is 44.9 Å². The standard InChI is InChI=1S/C36H47N11O4/c1-24-18-45(19-25(2)50-24)31-6-8-32(9-7-31)47-21-33(35(42-47)49-22-27-10-12-48-13-11-27)41-36-38-16-30(17-39-36)28-4-5-29(15-37)34(14-28)51-26(3)20-46-23-40-43-44-46/h4-5,14,16-17,21,23-27,31-32H,6-13,18-20,22H2,1-3H3,(H,38,39,41)/t24-,25-,26+,31-,32-/m1/s1. The number of hydrogen-bond donors (Lipinski definition) is 1. The highest BCUT2D eigenvalue weighted by atomic mass is 16.5. The molecule has 3 aliphatic rings. The maximum Gasteiger partial charge on any atom is 0.256 e. The predicted octanol–water partition coefficient (Wildman–Crippen LogP) is 4.81. The Bertz CT molecular complexity index is 1740. The number of nitriles is 1. The van der Waals surface area contributed by atoms with Gasteiger partial charge in [-0.1, -0.05) is 6.07 Å². The van der Waals surface area contributed by atoms with Gasteiger partial charge >= 0.3 is 0 Å². The number of benzene rings is 1. The molecule has 15 nitrogen and oxygen atoms in total. The molecule has 1 aliphatic carbocycles. The van der Waals surface area contributed by atoms with E-state index < -0.39 is 0 Å². The molecule has 4 aromatic rings. The van der Waals surface area contributed by atoms with Crippen LogP contribution in [0.5, 0.6) is 11.6 Å². The lowest BCUT2D eigenvalue weighted by Crippen LogP contribution is -2.51. The molecule has 0 radical (unpaired) electrons. The molecular formula is C36H47N11O4. The summed E-state index contributed by atoms with van der Waals surface area (Å²) in [6.45, 7) is 10.8. The summed E-state index contributed by atoms with van der Waals surface area (Å²) in [6.07, 6.45) is 13.7. The van der Waals surface area contributed by atoms with Crippen LogP contribution in [0.15, 0.2) is 43.1 Å². The quantitative estimate of drug-likeness (QED) is 0.215. The molecule has 5 heterocycles. The second kappa shape index (κ2) is 16.1. The molecule has 3 atom stereocenters. The SMILES string of the molecule is C[C@@H]1CN([C@H]2CC[C@H](n3cc(Nc4ncc(-c5ccc(C#N)c(O[C@@H](C)Cn6cnnn6)c5)cn4)c(OCC4CCOCC4)n3)CC2)C[C@@H](C)O1. The Labute approximate surface area is 298 Å². The van der Waals surface area contributed by atoms with Gasteiger partial charge in [0.15, 0.2) is 0 Å². The van der Waals surface area contributed by atoms with Crippen LogP contribution in [0.1, 0.15) is 70.9 Å². The van der Waals surface area contributed by atoms with E-state index in [1.54, 1.807) is 23.1 Å². The van der Waals surface area contributed by atoms with Gasteiger partial charge in [-0.2, -0.15) is 5.26 Å². The smallest absolute Gasteiger partial charge is 0.256 e. The van der Waals surface area contributed by atoms with Crippen LogP contribution in [0.2, 0.25) is 0 Å². The molecule has 1 N–H and O–H groups in total. The van der Waals surface area contributed by atoms with Crippen LogP contribution in [0.25, 0.3) is 11.1 Å².